The molecule has 114 valence electrons. The summed E-state index contributed by atoms with van der Waals surface area (Å²) in [6.07, 6.45) is 3.22. The second-order valence-corrected chi connectivity index (χ2v) is 6.06. The molecule has 0 heterocycles. The molecule has 1 saturated carbocycles. The van der Waals surface area contributed by atoms with Crippen molar-refractivity contribution in [1.82, 2.24) is 4.90 Å². The van der Waals surface area contributed by atoms with Gasteiger partial charge in [-0.25, -0.2) is 0 Å². The molecule has 2 rings (SSSR count). The summed E-state index contributed by atoms with van der Waals surface area (Å²) in [7, 11) is 1.77. The number of halogens is 1. The van der Waals surface area contributed by atoms with Crippen LogP contribution in [-0.2, 0) is 9.59 Å². The van der Waals surface area contributed by atoms with Gasteiger partial charge < -0.3 is 10.2 Å². The van der Waals surface area contributed by atoms with Crippen LogP contribution in [0.15, 0.2) is 24.3 Å². The first-order valence-corrected chi connectivity index (χ1v) is 7.70. The Balaban J connectivity index is 2.02. The van der Waals surface area contributed by atoms with Gasteiger partial charge in [0.1, 0.15) is 5.41 Å². The van der Waals surface area contributed by atoms with E-state index in [2.05, 4.69) is 12.2 Å². The number of hydrogen-bond donors (Lipinski definition) is 1. The van der Waals surface area contributed by atoms with Crippen LogP contribution < -0.4 is 5.32 Å². The van der Waals surface area contributed by atoms with Crippen molar-refractivity contribution in [3.05, 3.63) is 29.3 Å². The SMILES string of the molecule is CCCCN(C)C(=O)C1(C(=O)Nc2cccc(Cl)c2)CC1. The Hall–Kier alpha value is -1.55. The smallest absolute Gasteiger partial charge is 0.240 e. The second kappa shape index (κ2) is 6.48. The Labute approximate surface area is 130 Å². The van der Waals surface area contributed by atoms with Crippen LogP contribution in [0, 0.1) is 5.41 Å². The van der Waals surface area contributed by atoms with Crippen LogP contribution in [0.3, 0.4) is 0 Å². The molecule has 1 aliphatic rings. The van der Waals surface area contributed by atoms with Gasteiger partial charge in [-0.05, 0) is 37.5 Å². The first kappa shape index (κ1) is 15.8. The van der Waals surface area contributed by atoms with Gasteiger partial charge >= 0.3 is 0 Å². The molecular weight excluding hydrogens is 288 g/mol. The highest BCUT2D eigenvalue weighted by molar-refractivity contribution is 6.31. The zero-order valence-electron chi connectivity index (χ0n) is 12.5. The van der Waals surface area contributed by atoms with E-state index in [1.807, 2.05) is 0 Å². The maximum atomic E-state index is 12.5. The van der Waals surface area contributed by atoms with Gasteiger partial charge in [-0.15, -0.1) is 0 Å². The standard InChI is InChI=1S/C16H21ClN2O2/c1-3-4-10-19(2)15(21)16(8-9-16)14(20)18-13-7-5-6-12(17)11-13/h5-7,11H,3-4,8-10H2,1-2H3,(H,18,20). The van der Waals surface area contributed by atoms with Crippen LogP contribution in [-0.4, -0.2) is 30.3 Å². The number of amides is 2. The second-order valence-electron chi connectivity index (χ2n) is 5.63. The van der Waals surface area contributed by atoms with E-state index in [1.165, 1.54) is 0 Å². The summed E-state index contributed by atoms with van der Waals surface area (Å²) in [5, 5.41) is 3.37. The van der Waals surface area contributed by atoms with E-state index < -0.39 is 5.41 Å². The zero-order chi connectivity index (χ0) is 15.5. The summed E-state index contributed by atoms with van der Waals surface area (Å²) in [6.45, 7) is 2.78. The molecule has 5 heteroatoms. The molecule has 1 aliphatic carbocycles. The van der Waals surface area contributed by atoms with Crippen molar-refractivity contribution in [3.63, 3.8) is 0 Å². The number of anilines is 1. The number of benzene rings is 1. The molecule has 21 heavy (non-hydrogen) atoms. The third-order valence-corrected chi connectivity index (χ3v) is 4.11. The molecule has 1 N–H and O–H groups in total. The van der Waals surface area contributed by atoms with Gasteiger partial charge in [0.25, 0.3) is 0 Å². The van der Waals surface area contributed by atoms with Gasteiger partial charge in [-0.1, -0.05) is 31.0 Å². The molecule has 0 bridgehead atoms. The van der Waals surface area contributed by atoms with Crippen LogP contribution in [0.2, 0.25) is 5.02 Å². The fraction of sp³-hybridized carbons (Fsp3) is 0.500. The number of nitrogens with one attached hydrogen (secondary N) is 1. The number of hydrogen-bond acceptors (Lipinski definition) is 2. The van der Waals surface area contributed by atoms with Crippen molar-refractivity contribution in [2.24, 2.45) is 5.41 Å². The van der Waals surface area contributed by atoms with Gasteiger partial charge in [0.05, 0.1) is 0 Å². The highest BCUT2D eigenvalue weighted by Crippen LogP contribution is 2.48. The lowest BCUT2D eigenvalue weighted by Crippen LogP contribution is -2.41. The minimum absolute atomic E-state index is 0.0736. The summed E-state index contributed by atoms with van der Waals surface area (Å²) in [5.74, 6) is -0.298. The van der Waals surface area contributed by atoms with E-state index >= 15 is 0 Å². The molecule has 0 radical (unpaired) electrons. The van der Waals surface area contributed by atoms with E-state index in [9.17, 15) is 9.59 Å². The van der Waals surface area contributed by atoms with Gasteiger partial charge in [0.15, 0.2) is 0 Å². The summed E-state index contributed by atoms with van der Waals surface area (Å²) in [5.41, 5.74) is -0.243. The highest BCUT2D eigenvalue weighted by atomic mass is 35.5. The Morgan fingerprint density at radius 1 is 1.38 bits per heavy atom. The first-order chi connectivity index (χ1) is 9.99. The van der Waals surface area contributed by atoms with Crippen LogP contribution in [0.25, 0.3) is 0 Å². The normalized spacial score (nSPS) is 15.4. The van der Waals surface area contributed by atoms with Gasteiger partial charge in [-0.3, -0.25) is 9.59 Å². The monoisotopic (exact) mass is 308 g/mol. The molecule has 0 spiro atoms. The third kappa shape index (κ3) is 3.56. The molecule has 1 aromatic rings. The van der Waals surface area contributed by atoms with Crippen LogP contribution in [0.1, 0.15) is 32.6 Å². The average Bonchev–Trinajstić information content (AvgIpc) is 3.25. The van der Waals surface area contributed by atoms with E-state index in [4.69, 9.17) is 11.6 Å². The van der Waals surface area contributed by atoms with E-state index in [1.54, 1.807) is 36.2 Å². The van der Waals surface area contributed by atoms with Gasteiger partial charge in [-0.2, -0.15) is 0 Å². The predicted octanol–water partition coefficient (Wildman–Crippen LogP) is 3.32. The average molecular weight is 309 g/mol. The van der Waals surface area contributed by atoms with E-state index in [-0.39, 0.29) is 11.8 Å². The van der Waals surface area contributed by atoms with Crippen molar-refractivity contribution >= 4 is 29.1 Å². The number of carbonyl (C=O) groups is 2. The predicted molar refractivity (Wildman–Crippen MR) is 84.3 cm³/mol. The number of rotatable bonds is 6. The summed E-state index contributed by atoms with van der Waals surface area (Å²) < 4.78 is 0. The van der Waals surface area contributed by atoms with Crippen molar-refractivity contribution in [3.8, 4) is 0 Å². The Kier molecular flexibility index (Phi) is 4.88. The molecular formula is C16H21ClN2O2. The van der Waals surface area contributed by atoms with Crippen molar-refractivity contribution < 1.29 is 9.59 Å². The molecule has 0 aromatic heterocycles. The topological polar surface area (TPSA) is 49.4 Å². The Morgan fingerprint density at radius 2 is 2.10 bits per heavy atom. The summed E-state index contributed by atoms with van der Waals surface area (Å²) >= 11 is 5.90. The molecule has 0 atom stereocenters. The van der Waals surface area contributed by atoms with Crippen molar-refractivity contribution in [2.45, 2.75) is 32.6 Å². The van der Waals surface area contributed by atoms with Crippen molar-refractivity contribution in [2.75, 3.05) is 18.9 Å². The largest absolute Gasteiger partial charge is 0.345 e. The summed E-state index contributed by atoms with van der Waals surface area (Å²) in [4.78, 5) is 26.6. The minimum Gasteiger partial charge on any atom is -0.345 e. The molecule has 0 unspecified atom stereocenters. The van der Waals surface area contributed by atoms with Crippen molar-refractivity contribution in [1.29, 1.82) is 0 Å². The fourth-order valence-corrected chi connectivity index (χ4v) is 2.53. The highest BCUT2D eigenvalue weighted by Gasteiger charge is 2.57. The molecule has 2 amide bonds. The number of unbranched alkanes of at least 4 members (excludes halogenated alkanes) is 1. The molecule has 4 nitrogen and oxygen atoms in total. The fourth-order valence-electron chi connectivity index (χ4n) is 2.34. The lowest BCUT2D eigenvalue weighted by atomic mass is 10.0. The van der Waals surface area contributed by atoms with Crippen LogP contribution in [0.5, 0.6) is 0 Å². The van der Waals surface area contributed by atoms with Gasteiger partial charge in [0, 0.05) is 24.3 Å². The Bertz CT molecular complexity index is 541. The maximum absolute atomic E-state index is 12.5. The summed E-state index contributed by atoms with van der Waals surface area (Å²) in [6, 6.07) is 6.96. The van der Waals surface area contributed by atoms with E-state index in [0.717, 1.165) is 12.8 Å². The van der Waals surface area contributed by atoms with E-state index in [0.29, 0.717) is 30.1 Å². The van der Waals surface area contributed by atoms with Gasteiger partial charge in [0.2, 0.25) is 11.8 Å². The lowest BCUT2D eigenvalue weighted by molar-refractivity contribution is -0.141. The maximum Gasteiger partial charge on any atom is 0.240 e. The first-order valence-electron chi connectivity index (χ1n) is 7.32. The molecule has 0 aliphatic heterocycles. The third-order valence-electron chi connectivity index (χ3n) is 3.87. The number of nitrogens with zero attached hydrogens (tertiary/aromatic N) is 1. The minimum atomic E-state index is -0.870. The van der Waals surface area contributed by atoms with Crippen LogP contribution >= 0.6 is 11.6 Å². The zero-order valence-corrected chi connectivity index (χ0v) is 13.2. The number of carbonyl (C=O) groups excluding carboxylic acids is 2. The molecule has 0 saturated heterocycles. The quantitative estimate of drug-likeness (QED) is 0.820. The molecule has 1 fully saturated rings. The lowest BCUT2D eigenvalue weighted by Gasteiger charge is -2.23. The molecule has 1 aromatic carbocycles. The Morgan fingerprint density at radius 3 is 2.67 bits per heavy atom. The van der Waals surface area contributed by atoms with Crippen LogP contribution in [0.4, 0.5) is 5.69 Å².